The molecule has 2 aromatic carbocycles. The molecule has 0 saturated carbocycles. The van der Waals surface area contributed by atoms with Gasteiger partial charge in [-0.15, -0.1) is 0 Å². The molecular formula is C20H17ClN4O2. The van der Waals surface area contributed by atoms with Crippen LogP contribution in [0, 0.1) is 0 Å². The summed E-state index contributed by atoms with van der Waals surface area (Å²) in [4.78, 5) is 12.7. The largest absolute Gasteiger partial charge is 0.394 e. The van der Waals surface area contributed by atoms with Crippen LogP contribution in [0.4, 0.5) is 5.82 Å². The molecule has 0 radical (unpaired) electrons. The molecule has 0 spiro atoms. The van der Waals surface area contributed by atoms with Crippen LogP contribution in [0.5, 0.6) is 0 Å². The maximum atomic E-state index is 12.7. The minimum Gasteiger partial charge on any atom is -0.394 e. The van der Waals surface area contributed by atoms with E-state index in [-0.39, 0.29) is 12.2 Å². The third-order valence-electron chi connectivity index (χ3n) is 4.62. The number of aromatic amines is 1. The van der Waals surface area contributed by atoms with Gasteiger partial charge in [0, 0.05) is 22.7 Å². The summed E-state index contributed by atoms with van der Waals surface area (Å²) in [5.74, 6) is 0.418. The minimum absolute atomic E-state index is 0.211. The van der Waals surface area contributed by atoms with Gasteiger partial charge in [0.2, 0.25) is 0 Å². The summed E-state index contributed by atoms with van der Waals surface area (Å²) < 4.78 is 1.50. The summed E-state index contributed by atoms with van der Waals surface area (Å²) in [5.41, 5.74) is 8.89. The first-order valence-electron chi connectivity index (χ1n) is 8.39. The lowest BCUT2D eigenvalue weighted by molar-refractivity contribution is 0.247. The van der Waals surface area contributed by atoms with Crippen LogP contribution >= 0.6 is 11.6 Å². The van der Waals surface area contributed by atoms with Gasteiger partial charge >= 0.3 is 0 Å². The molecule has 2 aromatic heterocycles. The fourth-order valence-corrected chi connectivity index (χ4v) is 3.41. The monoisotopic (exact) mass is 380 g/mol. The highest BCUT2D eigenvalue weighted by Crippen LogP contribution is 2.26. The van der Waals surface area contributed by atoms with Crippen molar-refractivity contribution in [3.63, 3.8) is 0 Å². The molecular weight excluding hydrogens is 364 g/mol. The molecule has 1 atom stereocenters. The number of aliphatic hydroxyl groups is 1. The quantitative estimate of drug-likeness (QED) is 0.506. The summed E-state index contributed by atoms with van der Waals surface area (Å²) >= 11 is 6.04. The van der Waals surface area contributed by atoms with E-state index in [0.717, 1.165) is 27.6 Å². The van der Waals surface area contributed by atoms with Crippen molar-refractivity contribution in [1.82, 2.24) is 14.8 Å². The van der Waals surface area contributed by atoms with E-state index in [4.69, 9.17) is 17.3 Å². The second kappa shape index (κ2) is 6.90. The van der Waals surface area contributed by atoms with Crippen molar-refractivity contribution in [3.05, 3.63) is 81.7 Å². The van der Waals surface area contributed by atoms with E-state index < -0.39 is 6.04 Å². The first kappa shape index (κ1) is 17.3. The average molecular weight is 381 g/mol. The number of nitrogens with one attached hydrogen (secondary N) is 1. The van der Waals surface area contributed by atoms with Crippen LogP contribution in [-0.4, -0.2) is 26.5 Å². The van der Waals surface area contributed by atoms with Crippen molar-refractivity contribution in [1.29, 1.82) is 0 Å². The predicted octanol–water partition coefficient (Wildman–Crippen LogP) is 3.21. The maximum Gasteiger partial charge on any atom is 0.251 e. The van der Waals surface area contributed by atoms with E-state index in [1.54, 1.807) is 30.5 Å². The number of aromatic nitrogens is 3. The number of fused-ring (bicyclic) bond motifs is 1. The summed E-state index contributed by atoms with van der Waals surface area (Å²) in [7, 11) is 0. The molecule has 4 N–H and O–H groups in total. The Kier molecular flexibility index (Phi) is 4.43. The predicted molar refractivity (Wildman–Crippen MR) is 107 cm³/mol. The van der Waals surface area contributed by atoms with Crippen molar-refractivity contribution < 1.29 is 5.11 Å². The van der Waals surface area contributed by atoms with Gasteiger partial charge in [0.25, 0.3) is 5.56 Å². The summed E-state index contributed by atoms with van der Waals surface area (Å²) in [6, 6.07) is 15.7. The van der Waals surface area contributed by atoms with Crippen LogP contribution in [0.3, 0.4) is 0 Å². The number of nitrogens with two attached hydrogens (primary N) is 1. The topological polar surface area (TPSA) is 96.9 Å². The van der Waals surface area contributed by atoms with E-state index in [0.29, 0.717) is 10.8 Å². The van der Waals surface area contributed by atoms with Gasteiger partial charge in [0.15, 0.2) is 5.82 Å². The van der Waals surface area contributed by atoms with Crippen LogP contribution in [-0.2, 0) is 0 Å². The number of aliphatic hydroxyl groups excluding tert-OH is 1. The van der Waals surface area contributed by atoms with Gasteiger partial charge in [-0.05, 0) is 47.0 Å². The molecule has 2 heterocycles. The molecule has 4 aromatic rings. The van der Waals surface area contributed by atoms with Crippen molar-refractivity contribution in [2.45, 2.75) is 6.04 Å². The summed E-state index contributed by atoms with van der Waals surface area (Å²) in [5, 5.41) is 18.0. The van der Waals surface area contributed by atoms with E-state index in [2.05, 4.69) is 10.2 Å². The van der Waals surface area contributed by atoms with Crippen molar-refractivity contribution in [2.75, 3.05) is 12.3 Å². The first-order valence-corrected chi connectivity index (χ1v) is 8.77. The van der Waals surface area contributed by atoms with Gasteiger partial charge in [-0.1, -0.05) is 29.8 Å². The number of hydrogen-bond donors (Lipinski definition) is 3. The van der Waals surface area contributed by atoms with E-state index in [1.165, 1.54) is 4.57 Å². The zero-order valence-electron chi connectivity index (χ0n) is 14.3. The highest BCUT2D eigenvalue weighted by molar-refractivity contribution is 6.30. The number of anilines is 1. The molecule has 0 aliphatic heterocycles. The van der Waals surface area contributed by atoms with Crippen molar-refractivity contribution >= 4 is 28.3 Å². The first-order chi connectivity index (χ1) is 13.1. The number of halogens is 1. The molecule has 6 nitrogen and oxygen atoms in total. The van der Waals surface area contributed by atoms with E-state index in [9.17, 15) is 9.90 Å². The maximum absolute atomic E-state index is 12.7. The van der Waals surface area contributed by atoms with Gasteiger partial charge < -0.3 is 15.4 Å². The van der Waals surface area contributed by atoms with Crippen LogP contribution in [0.25, 0.3) is 22.0 Å². The van der Waals surface area contributed by atoms with Crippen LogP contribution in [0.2, 0.25) is 5.02 Å². The lowest BCUT2D eigenvalue weighted by Gasteiger charge is -2.18. The standard InChI is InChI=1S/C20H17ClN4O2/c21-15-3-1-2-14(8-15)18(11-26)25-7-6-13(10-19(25)27)12-4-5-17-16(9-12)20(22)24-23-17/h1-10,18,26H,11H2,(H3,22,23,24)/t18-/m1/s1. The van der Waals surface area contributed by atoms with Crippen LogP contribution in [0.15, 0.2) is 65.6 Å². The summed E-state index contributed by atoms with van der Waals surface area (Å²) in [6.07, 6.45) is 1.68. The molecule has 0 aliphatic carbocycles. The Balaban J connectivity index is 1.75. The smallest absolute Gasteiger partial charge is 0.251 e. The second-order valence-corrected chi connectivity index (χ2v) is 6.72. The Morgan fingerprint density at radius 3 is 2.70 bits per heavy atom. The number of hydrogen-bond acceptors (Lipinski definition) is 4. The number of rotatable bonds is 4. The Hall–Kier alpha value is -3.09. The third kappa shape index (κ3) is 3.20. The van der Waals surface area contributed by atoms with Gasteiger partial charge in [-0.2, -0.15) is 5.10 Å². The number of benzene rings is 2. The molecule has 0 amide bonds. The fraction of sp³-hybridized carbons (Fsp3) is 0.100. The van der Waals surface area contributed by atoms with Crippen molar-refractivity contribution in [3.8, 4) is 11.1 Å². The highest BCUT2D eigenvalue weighted by atomic mass is 35.5. The van der Waals surface area contributed by atoms with E-state index in [1.807, 2.05) is 30.3 Å². The SMILES string of the molecule is Nc1n[nH]c2ccc(-c3ccn([C@H](CO)c4cccc(Cl)c4)c(=O)c3)cc12. The van der Waals surface area contributed by atoms with Crippen LogP contribution in [0.1, 0.15) is 11.6 Å². The molecule has 136 valence electrons. The third-order valence-corrected chi connectivity index (χ3v) is 4.85. The lowest BCUT2D eigenvalue weighted by atomic mass is 10.0. The Morgan fingerprint density at radius 2 is 1.96 bits per heavy atom. The fourth-order valence-electron chi connectivity index (χ4n) is 3.21. The summed E-state index contributed by atoms with van der Waals surface area (Å²) in [6.45, 7) is -0.211. The van der Waals surface area contributed by atoms with Gasteiger partial charge in [-0.25, -0.2) is 0 Å². The Bertz CT molecular complexity index is 1180. The number of H-pyrrole nitrogens is 1. The Morgan fingerprint density at radius 1 is 1.15 bits per heavy atom. The minimum atomic E-state index is -0.503. The number of nitrogens with zero attached hydrogens (tertiary/aromatic N) is 2. The van der Waals surface area contributed by atoms with Crippen molar-refractivity contribution in [2.24, 2.45) is 0 Å². The number of pyridine rings is 1. The highest BCUT2D eigenvalue weighted by Gasteiger charge is 2.15. The van der Waals surface area contributed by atoms with Gasteiger partial charge in [0.1, 0.15) is 0 Å². The molecule has 0 unspecified atom stereocenters. The molecule has 0 aliphatic rings. The zero-order chi connectivity index (χ0) is 19.0. The number of nitrogen functional groups attached to an aromatic ring is 1. The molecule has 4 rings (SSSR count). The van der Waals surface area contributed by atoms with Gasteiger partial charge in [-0.3, -0.25) is 9.89 Å². The zero-order valence-corrected chi connectivity index (χ0v) is 15.0. The Labute approximate surface area is 159 Å². The molecule has 0 saturated heterocycles. The van der Waals surface area contributed by atoms with Crippen LogP contribution < -0.4 is 11.3 Å². The molecule has 27 heavy (non-hydrogen) atoms. The normalized spacial score (nSPS) is 12.4. The van der Waals surface area contributed by atoms with Gasteiger partial charge in [0.05, 0.1) is 18.2 Å². The molecule has 0 fully saturated rings. The molecule has 7 heteroatoms. The van der Waals surface area contributed by atoms with E-state index >= 15 is 0 Å². The average Bonchev–Trinajstić information content (AvgIpc) is 3.04. The lowest BCUT2D eigenvalue weighted by Crippen LogP contribution is -2.26. The molecule has 0 bridgehead atoms. The second-order valence-electron chi connectivity index (χ2n) is 6.28.